The number of likely N-dealkylation sites (tertiary alicyclic amines) is 1. The predicted octanol–water partition coefficient (Wildman–Crippen LogP) is 2.56. The van der Waals surface area contributed by atoms with E-state index < -0.39 is 0 Å². The monoisotopic (exact) mass is 437 g/mol. The lowest BCUT2D eigenvalue weighted by Gasteiger charge is -2.37. The number of halogens is 1. The van der Waals surface area contributed by atoms with E-state index in [0.29, 0.717) is 11.8 Å². The minimum absolute atomic E-state index is 0.280. The summed E-state index contributed by atoms with van der Waals surface area (Å²) in [4.78, 5) is 23.4. The normalized spacial score (nSPS) is 19.5. The molecule has 0 aliphatic carbocycles. The molecule has 6 nitrogen and oxygen atoms in total. The molecule has 1 atom stereocenters. The molecular weight excluding hydrogens is 406 g/mol. The lowest BCUT2D eigenvalue weighted by molar-refractivity contribution is -0.131. The third kappa shape index (κ3) is 6.27. The molecule has 1 unspecified atom stereocenters. The van der Waals surface area contributed by atoms with E-state index in [0.717, 1.165) is 69.6 Å². The minimum Gasteiger partial charge on any atom is -0.355 e. The summed E-state index contributed by atoms with van der Waals surface area (Å²) in [6.07, 6.45) is 4.41. The van der Waals surface area contributed by atoms with Gasteiger partial charge in [0.25, 0.3) is 0 Å². The van der Waals surface area contributed by atoms with Crippen LogP contribution in [-0.4, -0.2) is 92.2 Å². The number of thioether (sulfide) groups is 1. The summed E-state index contributed by atoms with van der Waals surface area (Å²) in [5.41, 5.74) is 1.22. The Labute approximate surface area is 183 Å². The first kappa shape index (κ1) is 22.2. The zero-order valence-electron chi connectivity index (χ0n) is 17.4. The van der Waals surface area contributed by atoms with Crippen LogP contribution in [0, 0.1) is 0 Å². The van der Waals surface area contributed by atoms with Crippen LogP contribution in [0.15, 0.2) is 29.3 Å². The molecule has 0 saturated carbocycles. The minimum atomic E-state index is 0.280. The maximum atomic E-state index is 12.4. The number of nitrogens with one attached hydrogen (secondary N) is 1. The summed E-state index contributed by atoms with van der Waals surface area (Å²) in [5, 5.41) is 4.61. The Hall–Kier alpha value is -1.44. The van der Waals surface area contributed by atoms with E-state index in [9.17, 15) is 4.79 Å². The van der Waals surface area contributed by atoms with Crippen LogP contribution >= 0.6 is 23.4 Å². The number of amides is 1. The number of hydrogen-bond donors (Lipinski definition) is 1. The van der Waals surface area contributed by atoms with Crippen molar-refractivity contribution in [1.82, 2.24) is 20.0 Å². The van der Waals surface area contributed by atoms with Gasteiger partial charge in [-0.1, -0.05) is 23.7 Å². The molecule has 1 aromatic rings. The van der Waals surface area contributed by atoms with Crippen LogP contribution in [0.3, 0.4) is 0 Å². The average molecular weight is 438 g/mol. The topological polar surface area (TPSA) is 51.2 Å². The van der Waals surface area contributed by atoms with Crippen molar-refractivity contribution >= 4 is 35.2 Å². The van der Waals surface area contributed by atoms with Gasteiger partial charge in [0.15, 0.2) is 5.96 Å². The molecule has 1 N–H and O–H groups in total. The van der Waals surface area contributed by atoms with E-state index in [1.54, 1.807) is 11.8 Å². The number of hydrogen-bond acceptors (Lipinski definition) is 4. The summed E-state index contributed by atoms with van der Waals surface area (Å²) in [6.45, 7) is 6.74. The molecule has 2 aliphatic heterocycles. The molecule has 0 bridgehead atoms. The van der Waals surface area contributed by atoms with Crippen molar-refractivity contribution in [3.63, 3.8) is 0 Å². The SMILES string of the molecule is CN=C(NCC(SC)c1cccc(Cl)c1)N1CCN(CC(=O)N2CCCC2)CC1. The highest BCUT2D eigenvalue weighted by Gasteiger charge is 2.24. The molecule has 0 aromatic heterocycles. The Kier molecular flexibility index (Phi) is 8.51. The van der Waals surface area contributed by atoms with Crippen molar-refractivity contribution in [3.8, 4) is 0 Å². The van der Waals surface area contributed by atoms with E-state index in [-0.39, 0.29) is 5.91 Å². The maximum Gasteiger partial charge on any atom is 0.236 e. The smallest absolute Gasteiger partial charge is 0.236 e. The fourth-order valence-electron chi connectivity index (χ4n) is 3.94. The molecule has 0 radical (unpaired) electrons. The van der Waals surface area contributed by atoms with Crippen molar-refractivity contribution < 1.29 is 4.79 Å². The highest BCUT2D eigenvalue weighted by Crippen LogP contribution is 2.27. The molecular formula is C21H32ClN5OS. The van der Waals surface area contributed by atoms with E-state index in [1.807, 2.05) is 30.1 Å². The van der Waals surface area contributed by atoms with Gasteiger partial charge in [0.05, 0.1) is 6.54 Å². The Bertz CT molecular complexity index is 702. The summed E-state index contributed by atoms with van der Waals surface area (Å²) in [6, 6.07) is 8.05. The fourth-order valence-corrected chi connectivity index (χ4v) is 4.80. The van der Waals surface area contributed by atoms with Crippen molar-refractivity contribution in [1.29, 1.82) is 0 Å². The second kappa shape index (κ2) is 11.1. The highest BCUT2D eigenvalue weighted by molar-refractivity contribution is 7.98. The second-order valence-electron chi connectivity index (χ2n) is 7.56. The molecule has 2 saturated heterocycles. The van der Waals surface area contributed by atoms with Crippen LogP contribution in [0.5, 0.6) is 0 Å². The number of guanidine groups is 1. The van der Waals surface area contributed by atoms with Crippen molar-refractivity contribution in [2.24, 2.45) is 4.99 Å². The zero-order valence-corrected chi connectivity index (χ0v) is 19.0. The predicted molar refractivity (Wildman–Crippen MR) is 123 cm³/mol. The average Bonchev–Trinajstić information content (AvgIpc) is 3.27. The number of piperazine rings is 1. The van der Waals surface area contributed by atoms with Gasteiger partial charge >= 0.3 is 0 Å². The van der Waals surface area contributed by atoms with Crippen LogP contribution in [0.2, 0.25) is 5.02 Å². The zero-order chi connectivity index (χ0) is 20.6. The third-order valence-electron chi connectivity index (χ3n) is 5.65. The van der Waals surface area contributed by atoms with E-state index >= 15 is 0 Å². The Morgan fingerprint density at radius 3 is 2.52 bits per heavy atom. The van der Waals surface area contributed by atoms with Gasteiger partial charge in [-0.05, 0) is 36.8 Å². The molecule has 1 amide bonds. The lowest BCUT2D eigenvalue weighted by atomic mass is 10.1. The summed E-state index contributed by atoms with van der Waals surface area (Å²) in [7, 11) is 1.83. The molecule has 29 heavy (non-hydrogen) atoms. The van der Waals surface area contributed by atoms with Crippen LogP contribution in [0.4, 0.5) is 0 Å². The van der Waals surface area contributed by atoms with Gasteiger partial charge in [0.2, 0.25) is 5.91 Å². The van der Waals surface area contributed by atoms with Crippen LogP contribution in [0.1, 0.15) is 23.7 Å². The summed E-state index contributed by atoms with van der Waals surface area (Å²) in [5.74, 6) is 1.21. The van der Waals surface area contributed by atoms with Gasteiger partial charge < -0.3 is 15.1 Å². The van der Waals surface area contributed by atoms with Gasteiger partial charge in [0, 0.05) is 63.1 Å². The van der Waals surface area contributed by atoms with Crippen LogP contribution in [-0.2, 0) is 4.79 Å². The van der Waals surface area contributed by atoms with Gasteiger partial charge in [-0.3, -0.25) is 14.7 Å². The quantitative estimate of drug-likeness (QED) is 0.547. The number of aliphatic imine (C=N–C) groups is 1. The Morgan fingerprint density at radius 2 is 1.90 bits per heavy atom. The fraction of sp³-hybridized carbons (Fsp3) is 0.619. The number of rotatable bonds is 6. The second-order valence-corrected chi connectivity index (χ2v) is 9.04. The van der Waals surface area contributed by atoms with Gasteiger partial charge in [0.1, 0.15) is 0 Å². The first-order valence-electron chi connectivity index (χ1n) is 10.3. The molecule has 160 valence electrons. The van der Waals surface area contributed by atoms with Crippen LogP contribution in [0.25, 0.3) is 0 Å². The molecule has 2 heterocycles. The Morgan fingerprint density at radius 1 is 1.17 bits per heavy atom. The first-order chi connectivity index (χ1) is 14.1. The Balaban J connectivity index is 1.46. The molecule has 3 rings (SSSR count). The van der Waals surface area contributed by atoms with E-state index in [1.165, 1.54) is 5.56 Å². The van der Waals surface area contributed by atoms with Gasteiger partial charge in [-0.25, -0.2) is 0 Å². The van der Waals surface area contributed by atoms with Crippen molar-refractivity contribution in [3.05, 3.63) is 34.9 Å². The standard InChI is InChI=1S/C21H32ClN5OS/c1-23-21(24-15-19(29-2)17-6-5-7-18(22)14-17)27-12-10-25(11-13-27)16-20(28)26-8-3-4-9-26/h5-7,14,19H,3-4,8-13,15-16H2,1-2H3,(H,23,24). The molecule has 2 fully saturated rings. The molecule has 8 heteroatoms. The summed E-state index contributed by atoms with van der Waals surface area (Å²) < 4.78 is 0. The van der Waals surface area contributed by atoms with Crippen LogP contribution < -0.4 is 5.32 Å². The van der Waals surface area contributed by atoms with E-state index in [2.05, 4.69) is 32.4 Å². The highest BCUT2D eigenvalue weighted by atomic mass is 35.5. The number of carbonyl (C=O) groups excluding carboxylic acids is 1. The van der Waals surface area contributed by atoms with Gasteiger partial charge in [-0.15, -0.1) is 0 Å². The summed E-state index contributed by atoms with van der Waals surface area (Å²) >= 11 is 7.96. The lowest BCUT2D eigenvalue weighted by Crippen LogP contribution is -2.54. The molecule has 2 aliphatic rings. The van der Waals surface area contributed by atoms with E-state index in [4.69, 9.17) is 11.6 Å². The molecule has 0 spiro atoms. The first-order valence-corrected chi connectivity index (χ1v) is 12.0. The number of carbonyl (C=O) groups is 1. The van der Waals surface area contributed by atoms with Crippen molar-refractivity contribution in [2.45, 2.75) is 18.1 Å². The number of benzene rings is 1. The van der Waals surface area contributed by atoms with Crippen molar-refractivity contribution in [2.75, 3.05) is 65.7 Å². The number of nitrogens with zero attached hydrogens (tertiary/aromatic N) is 4. The third-order valence-corrected chi connectivity index (χ3v) is 6.89. The van der Waals surface area contributed by atoms with Gasteiger partial charge in [-0.2, -0.15) is 11.8 Å². The largest absolute Gasteiger partial charge is 0.355 e. The maximum absolute atomic E-state index is 12.4. The molecule has 1 aromatic carbocycles.